The first kappa shape index (κ1) is 10.7. The number of hydrogen-bond acceptors (Lipinski definition) is 3. The molecule has 1 aromatic carbocycles. The molecule has 0 unspecified atom stereocenters. The third kappa shape index (κ3) is 2.11. The molecular formula is C9H12N2O2S. The highest BCUT2D eigenvalue weighted by Crippen LogP contribution is 2.26. The summed E-state index contributed by atoms with van der Waals surface area (Å²) in [5, 5.41) is 0. The number of rotatable bonds is 2. The standard InChI is InChI=1S/C9H12N2O2S/c1-6-3-4-7(13-2)5-8(6)11(14)9(10)12/h3-5,14H,1-2H3,(H2,10,12). The predicted octanol–water partition coefficient (Wildman–Crippen LogP) is 1.73. The lowest BCUT2D eigenvalue weighted by Gasteiger charge is -2.16. The van der Waals surface area contributed by atoms with Gasteiger partial charge in [0.15, 0.2) is 0 Å². The van der Waals surface area contributed by atoms with Crippen LogP contribution in [0.15, 0.2) is 18.2 Å². The van der Waals surface area contributed by atoms with E-state index in [4.69, 9.17) is 10.5 Å². The number of benzene rings is 1. The van der Waals surface area contributed by atoms with Gasteiger partial charge in [-0.15, -0.1) is 0 Å². The van der Waals surface area contributed by atoms with Crippen LogP contribution in [0.5, 0.6) is 5.75 Å². The minimum Gasteiger partial charge on any atom is -0.497 e. The van der Waals surface area contributed by atoms with Crippen LogP contribution in [-0.2, 0) is 0 Å². The van der Waals surface area contributed by atoms with Gasteiger partial charge >= 0.3 is 6.03 Å². The number of primary amides is 1. The topological polar surface area (TPSA) is 55.6 Å². The molecular weight excluding hydrogens is 200 g/mol. The average molecular weight is 212 g/mol. The summed E-state index contributed by atoms with van der Waals surface area (Å²) in [6.07, 6.45) is 0. The molecule has 1 rings (SSSR count). The van der Waals surface area contributed by atoms with Gasteiger partial charge in [-0.1, -0.05) is 18.9 Å². The van der Waals surface area contributed by atoms with Gasteiger partial charge in [0, 0.05) is 6.07 Å². The number of urea groups is 1. The maximum Gasteiger partial charge on any atom is 0.329 e. The second-order valence-corrected chi connectivity index (χ2v) is 3.20. The minimum atomic E-state index is -0.621. The van der Waals surface area contributed by atoms with Gasteiger partial charge in [-0.05, 0) is 18.6 Å². The highest BCUT2D eigenvalue weighted by Gasteiger charge is 2.11. The molecule has 0 bridgehead atoms. The number of nitrogens with two attached hydrogens (primary N) is 1. The van der Waals surface area contributed by atoms with E-state index in [0.717, 1.165) is 9.87 Å². The Balaban J connectivity index is 3.11. The van der Waals surface area contributed by atoms with E-state index in [1.807, 2.05) is 13.0 Å². The van der Waals surface area contributed by atoms with Crippen molar-refractivity contribution in [2.24, 2.45) is 5.73 Å². The number of thiol groups is 1. The Labute approximate surface area is 88.2 Å². The molecule has 1 aromatic rings. The van der Waals surface area contributed by atoms with E-state index in [0.29, 0.717) is 11.4 Å². The summed E-state index contributed by atoms with van der Waals surface area (Å²) in [4.78, 5) is 10.9. The maximum absolute atomic E-state index is 10.9. The molecule has 0 aliphatic carbocycles. The van der Waals surface area contributed by atoms with E-state index in [2.05, 4.69) is 12.8 Å². The van der Waals surface area contributed by atoms with Crippen LogP contribution in [0.2, 0.25) is 0 Å². The van der Waals surface area contributed by atoms with Crippen molar-refractivity contribution < 1.29 is 9.53 Å². The quantitative estimate of drug-likeness (QED) is 0.733. The fourth-order valence-electron chi connectivity index (χ4n) is 1.06. The summed E-state index contributed by atoms with van der Waals surface area (Å²) in [5.41, 5.74) is 6.63. The van der Waals surface area contributed by atoms with Crippen LogP contribution in [0.1, 0.15) is 5.56 Å². The first-order valence-corrected chi connectivity index (χ1v) is 4.39. The van der Waals surface area contributed by atoms with Crippen LogP contribution in [0.4, 0.5) is 10.5 Å². The lowest BCUT2D eigenvalue weighted by Crippen LogP contribution is -2.27. The van der Waals surface area contributed by atoms with Gasteiger partial charge in [0.25, 0.3) is 0 Å². The number of aryl methyl sites for hydroxylation is 1. The van der Waals surface area contributed by atoms with Crippen molar-refractivity contribution in [1.82, 2.24) is 0 Å². The second-order valence-electron chi connectivity index (χ2n) is 2.80. The number of hydrogen-bond donors (Lipinski definition) is 2. The number of nitrogens with zero attached hydrogens (tertiary/aromatic N) is 1. The molecule has 0 heterocycles. The van der Waals surface area contributed by atoms with Crippen molar-refractivity contribution in [3.8, 4) is 5.75 Å². The van der Waals surface area contributed by atoms with Gasteiger partial charge in [-0.25, -0.2) is 9.10 Å². The molecule has 14 heavy (non-hydrogen) atoms. The Morgan fingerprint density at radius 2 is 2.21 bits per heavy atom. The lowest BCUT2D eigenvalue weighted by atomic mass is 10.2. The number of methoxy groups -OCH3 is 1. The first-order chi connectivity index (χ1) is 6.56. The maximum atomic E-state index is 10.9. The smallest absolute Gasteiger partial charge is 0.329 e. The molecule has 0 aliphatic heterocycles. The number of ether oxygens (including phenoxy) is 1. The highest BCUT2D eigenvalue weighted by atomic mass is 32.1. The molecule has 0 fully saturated rings. The Morgan fingerprint density at radius 1 is 1.57 bits per heavy atom. The molecule has 0 atom stereocenters. The van der Waals surface area contributed by atoms with Crippen molar-refractivity contribution >= 4 is 24.5 Å². The van der Waals surface area contributed by atoms with Crippen LogP contribution in [0, 0.1) is 6.92 Å². The number of carbonyl (C=O) groups is 1. The van der Waals surface area contributed by atoms with Crippen molar-refractivity contribution in [1.29, 1.82) is 0 Å². The molecule has 0 spiro atoms. The van der Waals surface area contributed by atoms with E-state index in [1.54, 1.807) is 19.2 Å². The predicted molar refractivity (Wildman–Crippen MR) is 58.8 cm³/mol. The normalized spacial score (nSPS) is 9.64. The van der Waals surface area contributed by atoms with Gasteiger partial charge in [0.2, 0.25) is 0 Å². The third-order valence-corrected chi connectivity index (χ3v) is 2.27. The van der Waals surface area contributed by atoms with Crippen molar-refractivity contribution in [3.63, 3.8) is 0 Å². The Hall–Kier alpha value is -1.36. The minimum absolute atomic E-state index is 0.621. The Morgan fingerprint density at radius 3 is 2.71 bits per heavy atom. The second kappa shape index (κ2) is 4.23. The summed E-state index contributed by atoms with van der Waals surface area (Å²) in [5.74, 6) is 0.658. The van der Waals surface area contributed by atoms with E-state index in [9.17, 15) is 4.79 Å². The average Bonchev–Trinajstić information content (AvgIpc) is 2.17. The number of anilines is 1. The molecule has 76 valence electrons. The van der Waals surface area contributed by atoms with Crippen molar-refractivity contribution in [2.75, 3.05) is 11.4 Å². The van der Waals surface area contributed by atoms with E-state index in [-0.39, 0.29) is 0 Å². The van der Waals surface area contributed by atoms with Crippen LogP contribution in [0.25, 0.3) is 0 Å². The monoisotopic (exact) mass is 212 g/mol. The van der Waals surface area contributed by atoms with Gasteiger partial charge in [-0.2, -0.15) is 0 Å². The van der Waals surface area contributed by atoms with E-state index in [1.165, 1.54) is 0 Å². The summed E-state index contributed by atoms with van der Waals surface area (Å²) in [7, 11) is 1.56. The molecule has 2 amide bonds. The molecule has 0 aromatic heterocycles. The zero-order valence-electron chi connectivity index (χ0n) is 8.02. The summed E-state index contributed by atoms with van der Waals surface area (Å²) in [6.45, 7) is 1.86. The van der Waals surface area contributed by atoms with Crippen LogP contribution < -0.4 is 14.8 Å². The molecule has 0 aliphatic rings. The largest absolute Gasteiger partial charge is 0.497 e. The molecule has 2 N–H and O–H groups in total. The molecule has 0 saturated carbocycles. The van der Waals surface area contributed by atoms with Crippen molar-refractivity contribution in [3.05, 3.63) is 23.8 Å². The van der Waals surface area contributed by atoms with Crippen molar-refractivity contribution in [2.45, 2.75) is 6.92 Å². The van der Waals surface area contributed by atoms with Gasteiger partial charge in [0.05, 0.1) is 12.8 Å². The highest BCUT2D eigenvalue weighted by molar-refractivity contribution is 7.82. The number of carbonyl (C=O) groups excluding carboxylic acids is 1. The summed E-state index contributed by atoms with van der Waals surface area (Å²) < 4.78 is 6.11. The van der Waals surface area contributed by atoms with Crippen LogP contribution in [0.3, 0.4) is 0 Å². The molecule has 0 saturated heterocycles. The Kier molecular flexibility index (Phi) is 3.24. The zero-order chi connectivity index (χ0) is 10.7. The van der Waals surface area contributed by atoms with Crippen LogP contribution >= 0.6 is 12.8 Å². The third-order valence-electron chi connectivity index (χ3n) is 1.85. The number of amides is 2. The molecule has 5 heteroatoms. The van der Waals surface area contributed by atoms with Gasteiger partial charge < -0.3 is 10.5 Å². The first-order valence-electron chi connectivity index (χ1n) is 3.99. The fraction of sp³-hybridized carbons (Fsp3) is 0.222. The van der Waals surface area contributed by atoms with Crippen LogP contribution in [-0.4, -0.2) is 13.1 Å². The zero-order valence-corrected chi connectivity index (χ0v) is 8.91. The van der Waals surface area contributed by atoms with E-state index < -0.39 is 6.03 Å². The fourth-order valence-corrected chi connectivity index (χ4v) is 1.28. The SMILES string of the molecule is COc1ccc(C)c(N(S)C(N)=O)c1. The molecule has 0 radical (unpaired) electrons. The van der Waals surface area contributed by atoms with Gasteiger partial charge in [0.1, 0.15) is 5.75 Å². The van der Waals surface area contributed by atoms with Gasteiger partial charge in [-0.3, -0.25) is 0 Å². The summed E-state index contributed by atoms with van der Waals surface area (Å²) in [6, 6.07) is 4.72. The molecule has 4 nitrogen and oxygen atoms in total. The lowest BCUT2D eigenvalue weighted by molar-refractivity contribution is 0.257. The van der Waals surface area contributed by atoms with E-state index >= 15 is 0 Å². The summed E-state index contributed by atoms with van der Waals surface area (Å²) >= 11 is 3.97. The Bertz CT molecular complexity index is 355.